The second-order valence-corrected chi connectivity index (χ2v) is 4.20. The number of benzene rings is 2. The Morgan fingerprint density at radius 1 is 1.06 bits per heavy atom. The van der Waals surface area contributed by atoms with Crippen LogP contribution in [0.15, 0.2) is 42.5 Å². The molecule has 0 aliphatic carbocycles. The predicted molar refractivity (Wildman–Crippen MR) is 69.4 cm³/mol. The number of carboxylic acids is 1. The molecule has 2 aromatic carbocycles. The number of carboxylic acid groups (broad SMARTS) is 1. The Balaban J connectivity index is 2.23. The van der Waals surface area contributed by atoms with E-state index in [-0.39, 0.29) is 5.56 Å². The van der Waals surface area contributed by atoms with Crippen LogP contribution in [0, 0.1) is 13.8 Å². The molecular weight excluding hydrogens is 228 g/mol. The first-order valence-corrected chi connectivity index (χ1v) is 5.65. The zero-order valence-electron chi connectivity index (χ0n) is 10.3. The number of hydrogen-bond acceptors (Lipinski definition) is 2. The molecule has 3 heteroatoms. The van der Waals surface area contributed by atoms with Crippen LogP contribution in [0.25, 0.3) is 0 Å². The lowest BCUT2D eigenvalue weighted by Crippen LogP contribution is -1.95. The van der Waals surface area contributed by atoms with Gasteiger partial charge in [0.1, 0.15) is 11.5 Å². The SMILES string of the molecule is Cc1ccc(C)c(Oc2ccc(C(=O)O)cc2)c1. The van der Waals surface area contributed by atoms with Crippen molar-refractivity contribution in [2.75, 3.05) is 0 Å². The van der Waals surface area contributed by atoms with Crippen molar-refractivity contribution in [3.8, 4) is 11.5 Å². The van der Waals surface area contributed by atoms with Crippen molar-refractivity contribution in [2.24, 2.45) is 0 Å². The van der Waals surface area contributed by atoms with E-state index in [1.807, 2.05) is 32.0 Å². The van der Waals surface area contributed by atoms with Crippen LogP contribution < -0.4 is 4.74 Å². The van der Waals surface area contributed by atoms with E-state index < -0.39 is 5.97 Å². The lowest BCUT2D eigenvalue weighted by atomic mass is 10.1. The van der Waals surface area contributed by atoms with Crippen LogP contribution in [0.5, 0.6) is 11.5 Å². The average Bonchev–Trinajstić information content (AvgIpc) is 2.34. The molecule has 2 rings (SSSR count). The summed E-state index contributed by atoms with van der Waals surface area (Å²) in [7, 11) is 0. The summed E-state index contributed by atoms with van der Waals surface area (Å²) in [6, 6.07) is 12.4. The standard InChI is InChI=1S/C15H14O3/c1-10-3-4-11(2)14(9-10)18-13-7-5-12(6-8-13)15(16)17/h3-9H,1-2H3,(H,16,17). The van der Waals surface area contributed by atoms with Gasteiger partial charge in [-0.2, -0.15) is 0 Å². The van der Waals surface area contributed by atoms with Crippen LogP contribution in [0.3, 0.4) is 0 Å². The van der Waals surface area contributed by atoms with E-state index in [0.717, 1.165) is 16.9 Å². The number of aromatic carboxylic acids is 1. The average molecular weight is 242 g/mol. The van der Waals surface area contributed by atoms with E-state index in [9.17, 15) is 4.79 Å². The maximum atomic E-state index is 10.7. The Hall–Kier alpha value is -2.29. The van der Waals surface area contributed by atoms with Crippen molar-refractivity contribution >= 4 is 5.97 Å². The molecule has 0 aromatic heterocycles. The molecule has 0 spiro atoms. The normalized spacial score (nSPS) is 10.1. The Morgan fingerprint density at radius 3 is 2.33 bits per heavy atom. The summed E-state index contributed by atoms with van der Waals surface area (Å²) in [5.41, 5.74) is 2.42. The van der Waals surface area contributed by atoms with Crippen molar-refractivity contribution in [3.05, 3.63) is 59.2 Å². The maximum Gasteiger partial charge on any atom is 0.335 e. The van der Waals surface area contributed by atoms with Gasteiger partial charge >= 0.3 is 5.97 Å². The van der Waals surface area contributed by atoms with Gasteiger partial charge < -0.3 is 9.84 Å². The molecule has 18 heavy (non-hydrogen) atoms. The predicted octanol–water partition coefficient (Wildman–Crippen LogP) is 3.79. The highest BCUT2D eigenvalue weighted by Gasteiger charge is 2.04. The summed E-state index contributed by atoms with van der Waals surface area (Å²) >= 11 is 0. The zero-order chi connectivity index (χ0) is 13.1. The molecule has 1 N–H and O–H groups in total. The lowest BCUT2D eigenvalue weighted by molar-refractivity contribution is 0.0697. The highest BCUT2D eigenvalue weighted by Crippen LogP contribution is 2.26. The van der Waals surface area contributed by atoms with Gasteiger partial charge in [-0.1, -0.05) is 12.1 Å². The third-order valence-electron chi connectivity index (χ3n) is 2.67. The summed E-state index contributed by atoms with van der Waals surface area (Å²) in [5.74, 6) is 0.486. The van der Waals surface area contributed by atoms with E-state index in [2.05, 4.69) is 0 Å². The quantitative estimate of drug-likeness (QED) is 0.890. The summed E-state index contributed by atoms with van der Waals surface area (Å²) in [6.07, 6.45) is 0. The van der Waals surface area contributed by atoms with Gasteiger partial charge in [0.15, 0.2) is 0 Å². The topological polar surface area (TPSA) is 46.5 Å². The molecule has 0 aliphatic rings. The largest absolute Gasteiger partial charge is 0.478 e. The second kappa shape index (κ2) is 4.92. The molecule has 3 nitrogen and oxygen atoms in total. The maximum absolute atomic E-state index is 10.7. The monoisotopic (exact) mass is 242 g/mol. The number of hydrogen-bond donors (Lipinski definition) is 1. The summed E-state index contributed by atoms with van der Waals surface area (Å²) in [4.78, 5) is 10.7. The first-order chi connectivity index (χ1) is 8.56. The molecule has 0 amide bonds. The molecule has 0 aliphatic heterocycles. The Labute approximate surface area is 106 Å². The van der Waals surface area contributed by atoms with Gasteiger partial charge in [0.25, 0.3) is 0 Å². The fraction of sp³-hybridized carbons (Fsp3) is 0.133. The van der Waals surface area contributed by atoms with Crippen LogP contribution in [0.1, 0.15) is 21.5 Å². The Morgan fingerprint density at radius 2 is 1.72 bits per heavy atom. The third-order valence-corrected chi connectivity index (χ3v) is 2.67. The van der Waals surface area contributed by atoms with Gasteiger partial charge in [-0.3, -0.25) is 0 Å². The fourth-order valence-electron chi connectivity index (χ4n) is 1.61. The van der Waals surface area contributed by atoms with Crippen molar-refractivity contribution < 1.29 is 14.6 Å². The van der Waals surface area contributed by atoms with E-state index in [4.69, 9.17) is 9.84 Å². The van der Waals surface area contributed by atoms with Crippen molar-refractivity contribution in [1.82, 2.24) is 0 Å². The molecule has 0 fully saturated rings. The minimum absolute atomic E-state index is 0.253. The van der Waals surface area contributed by atoms with Crippen LogP contribution in [-0.4, -0.2) is 11.1 Å². The van der Waals surface area contributed by atoms with Crippen LogP contribution in [-0.2, 0) is 0 Å². The lowest BCUT2D eigenvalue weighted by Gasteiger charge is -2.09. The van der Waals surface area contributed by atoms with E-state index >= 15 is 0 Å². The molecule has 92 valence electrons. The third kappa shape index (κ3) is 2.69. The number of aryl methyl sites for hydroxylation is 2. The first kappa shape index (κ1) is 12.2. The smallest absolute Gasteiger partial charge is 0.335 e. The van der Waals surface area contributed by atoms with Gasteiger partial charge in [-0.05, 0) is 55.3 Å². The summed E-state index contributed by atoms with van der Waals surface area (Å²) < 4.78 is 5.73. The number of rotatable bonds is 3. The highest BCUT2D eigenvalue weighted by atomic mass is 16.5. The van der Waals surface area contributed by atoms with Crippen LogP contribution in [0.4, 0.5) is 0 Å². The van der Waals surface area contributed by atoms with Crippen LogP contribution in [0.2, 0.25) is 0 Å². The molecule has 0 saturated carbocycles. The molecule has 0 unspecified atom stereocenters. The fourth-order valence-corrected chi connectivity index (χ4v) is 1.61. The van der Waals surface area contributed by atoms with Gasteiger partial charge in [0.2, 0.25) is 0 Å². The molecule has 0 radical (unpaired) electrons. The summed E-state index contributed by atoms with van der Waals surface area (Å²) in [6.45, 7) is 3.97. The van der Waals surface area contributed by atoms with Crippen molar-refractivity contribution in [3.63, 3.8) is 0 Å². The number of carbonyl (C=O) groups is 1. The van der Waals surface area contributed by atoms with Crippen LogP contribution >= 0.6 is 0 Å². The summed E-state index contributed by atoms with van der Waals surface area (Å²) in [5, 5.41) is 8.81. The van der Waals surface area contributed by atoms with Crippen molar-refractivity contribution in [1.29, 1.82) is 0 Å². The van der Waals surface area contributed by atoms with E-state index in [0.29, 0.717) is 5.75 Å². The first-order valence-electron chi connectivity index (χ1n) is 5.65. The molecule has 0 saturated heterocycles. The Kier molecular flexibility index (Phi) is 3.33. The molecule has 0 bridgehead atoms. The van der Waals surface area contributed by atoms with Gasteiger partial charge in [-0.15, -0.1) is 0 Å². The zero-order valence-corrected chi connectivity index (χ0v) is 10.3. The molecule has 0 heterocycles. The number of ether oxygens (including phenoxy) is 1. The minimum atomic E-state index is -0.937. The second-order valence-electron chi connectivity index (χ2n) is 4.20. The van der Waals surface area contributed by atoms with Gasteiger partial charge in [0.05, 0.1) is 5.56 Å². The van der Waals surface area contributed by atoms with E-state index in [1.165, 1.54) is 12.1 Å². The highest BCUT2D eigenvalue weighted by molar-refractivity contribution is 5.87. The molecular formula is C15H14O3. The van der Waals surface area contributed by atoms with E-state index in [1.54, 1.807) is 12.1 Å². The molecule has 2 aromatic rings. The molecule has 0 atom stereocenters. The Bertz CT molecular complexity index is 571. The van der Waals surface area contributed by atoms with Gasteiger partial charge in [0, 0.05) is 0 Å². The van der Waals surface area contributed by atoms with Crippen molar-refractivity contribution in [2.45, 2.75) is 13.8 Å². The van der Waals surface area contributed by atoms with Gasteiger partial charge in [-0.25, -0.2) is 4.79 Å². The minimum Gasteiger partial charge on any atom is -0.478 e.